The Bertz CT molecular complexity index is 512. The summed E-state index contributed by atoms with van der Waals surface area (Å²) in [6.07, 6.45) is -0.956. The summed E-state index contributed by atoms with van der Waals surface area (Å²) in [6.45, 7) is 0. The van der Waals surface area contributed by atoms with Crippen LogP contribution < -0.4 is 15.4 Å². The Kier molecular flexibility index (Phi) is 3.91. The number of ether oxygens (including phenoxy) is 3. The smallest absolute Gasteiger partial charge is 0.322 e. The van der Waals surface area contributed by atoms with E-state index in [2.05, 4.69) is 10.6 Å². The van der Waals surface area contributed by atoms with Crippen LogP contribution in [0.4, 0.5) is 4.79 Å². The fraction of sp³-hybridized carbons (Fsp3) is 0.385. The number of carbonyl (C=O) groups excluding carboxylic acids is 2. The Balaban J connectivity index is 2.51. The van der Waals surface area contributed by atoms with E-state index in [0.29, 0.717) is 11.3 Å². The van der Waals surface area contributed by atoms with Crippen LogP contribution in [0.15, 0.2) is 24.3 Å². The van der Waals surface area contributed by atoms with Crippen molar-refractivity contribution in [2.45, 2.75) is 11.8 Å². The van der Waals surface area contributed by atoms with Gasteiger partial charge in [-0.1, -0.05) is 12.1 Å². The highest BCUT2D eigenvalue weighted by Gasteiger charge is 2.54. The van der Waals surface area contributed by atoms with Crippen molar-refractivity contribution in [1.29, 1.82) is 0 Å². The first-order valence-electron chi connectivity index (χ1n) is 5.92. The SMILES string of the molecule is COc1ccc([C@]2(C(OC)OC)NC(=O)NC2=O)cc1. The summed E-state index contributed by atoms with van der Waals surface area (Å²) in [5.74, 6) is 0.112. The zero-order valence-corrected chi connectivity index (χ0v) is 11.4. The molecule has 3 amide bonds. The highest BCUT2D eigenvalue weighted by atomic mass is 16.7. The maximum atomic E-state index is 12.2. The summed E-state index contributed by atoms with van der Waals surface area (Å²) in [5, 5.41) is 4.79. The summed E-state index contributed by atoms with van der Waals surface area (Å²) in [6, 6.07) is 6.14. The topological polar surface area (TPSA) is 85.9 Å². The summed E-state index contributed by atoms with van der Waals surface area (Å²) in [4.78, 5) is 23.8. The molecule has 1 aliphatic rings. The van der Waals surface area contributed by atoms with Crippen LogP contribution in [0.1, 0.15) is 5.56 Å². The van der Waals surface area contributed by atoms with E-state index in [9.17, 15) is 9.59 Å². The van der Waals surface area contributed by atoms with Crippen LogP contribution in [-0.4, -0.2) is 39.6 Å². The molecule has 1 heterocycles. The van der Waals surface area contributed by atoms with Crippen LogP contribution in [0.3, 0.4) is 0 Å². The predicted octanol–water partition coefficient (Wildman–Crippen LogP) is 0.349. The van der Waals surface area contributed by atoms with Gasteiger partial charge in [-0.25, -0.2) is 4.79 Å². The Morgan fingerprint density at radius 1 is 1.05 bits per heavy atom. The molecule has 0 spiro atoms. The lowest BCUT2D eigenvalue weighted by molar-refractivity contribution is -0.166. The van der Waals surface area contributed by atoms with E-state index in [-0.39, 0.29) is 0 Å². The van der Waals surface area contributed by atoms with Gasteiger partial charge in [0, 0.05) is 14.2 Å². The van der Waals surface area contributed by atoms with Crippen molar-refractivity contribution >= 4 is 11.9 Å². The van der Waals surface area contributed by atoms with E-state index in [1.54, 1.807) is 31.4 Å². The minimum Gasteiger partial charge on any atom is -0.497 e. The molecule has 1 aromatic rings. The van der Waals surface area contributed by atoms with E-state index in [1.165, 1.54) is 14.2 Å². The first-order valence-corrected chi connectivity index (χ1v) is 5.92. The van der Waals surface area contributed by atoms with Gasteiger partial charge in [0.15, 0.2) is 11.8 Å². The van der Waals surface area contributed by atoms with Crippen LogP contribution in [0.2, 0.25) is 0 Å². The molecule has 1 fully saturated rings. The first kappa shape index (κ1) is 14.3. The molecule has 0 aromatic heterocycles. The van der Waals surface area contributed by atoms with E-state index in [0.717, 1.165) is 0 Å². The van der Waals surface area contributed by atoms with Gasteiger partial charge in [-0.3, -0.25) is 10.1 Å². The lowest BCUT2D eigenvalue weighted by Gasteiger charge is -2.32. The number of amides is 3. The number of carbonyl (C=O) groups is 2. The van der Waals surface area contributed by atoms with Gasteiger partial charge < -0.3 is 19.5 Å². The van der Waals surface area contributed by atoms with E-state index >= 15 is 0 Å². The molecular formula is C13H16N2O5. The molecule has 7 heteroatoms. The van der Waals surface area contributed by atoms with Crippen LogP contribution in [-0.2, 0) is 19.8 Å². The molecule has 1 aliphatic heterocycles. The van der Waals surface area contributed by atoms with Crippen LogP contribution in [0.25, 0.3) is 0 Å². The van der Waals surface area contributed by atoms with Crippen molar-refractivity contribution < 1.29 is 23.8 Å². The Labute approximate surface area is 116 Å². The highest BCUT2D eigenvalue weighted by molar-refractivity contribution is 6.07. The standard InChI is InChI=1S/C13H16N2O5/c1-18-9-6-4-8(5-7-9)13(11(19-2)20-3)10(16)14-12(17)15-13/h4-7,11H,1-3H3,(H2,14,15,16,17)/t13-/m0/s1. The molecule has 108 valence electrons. The normalized spacial score (nSPS) is 21.8. The number of imide groups is 1. The summed E-state index contributed by atoms with van der Waals surface area (Å²) in [7, 11) is 4.34. The highest BCUT2D eigenvalue weighted by Crippen LogP contribution is 2.32. The lowest BCUT2D eigenvalue weighted by Crippen LogP contribution is -2.54. The number of hydrogen-bond acceptors (Lipinski definition) is 5. The van der Waals surface area contributed by atoms with Crippen LogP contribution in [0.5, 0.6) is 5.75 Å². The zero-order chi connectivity index (χ0) is 14.8. The third-order valence-electron chi connectivity index (χ3n) is 3.22. The number of benzene rings is 1. The summed E-state index contributed by atoms with van der Waals surface area (Å²) in [5.41, 5.74) is -0.886. The molecule has 1 atom stereocenters. The summed E-state index contributed by atoms with van der Waals surface area (Å²) < 4.78 is 15.5. The number of rotatable bonds is 5. The monoisotopic (exact) mass is 280 g/mol. The fourth-order valence-electron chi connectivity index (χ4n) is 2.28. The molecule has 2 N–H and O–H groups in total. The van der Waals surface area contributed by atoms with E-state index < -0.39 is 23.8 Å². The maximum absolute atomic E-state index is 12.2. The molecule has 1 saturated heterocycles. The van der Waals surface area contributed by atoms with E-state index in [4.69, 9.17) is 14.2 Å². The molecule has 1 aromatic carbocycles. The molecule has 0 bridgehead atoms. The molecular weight excluding hydrogens is 264 g/mol. The average Bonchev–Trinajstić information content (AvgIpc) is 2.76. The third-order valence-corrected chi connectivity index (χ3v) is 3.22. The second kappa shape index (κ2) is 5.48. The average molecular weight is 280 g/mol. The molecule has 0 aliphatic carbocycles. The van der Waals surface area contributed by atoms with Gasteiger partial charge in [0.1, 0.15) is 5.75 Å². The van der Waals surface area contributed by atoms with Crippen molar-refractivity contribution in [3.63, 3.8) is 0 Å². The minimum atomic E-state index is -1.42. The quantitative estimate of drug-likeness (QED) is 0.600. The Hall–Kier alpha value is -2.12. The van der Waals surface area contributed by atoms with Gasteiger partial charge in [0.2, 0.25) is 0 Å². The molecule has 0 unspecified atom stereocenters. The van der Waals surface area contributed by atoms with Gasteiger partial charge in [0.05, 0.1) is 7.11 Å². The Morgan fingerprint density at radius 2 is 1.65 bits per heavy atom. The maximum Gasteiger partial charge on any atom is 0.322 e. The molecule has 0 saturated carbocycles. The van der Waals surface area contributed by atoms with Crippen molar-refractivity contribution in [2.75, 3.05) is 21.3 Å². The van der Waals surface area contributed by atoms with Gasteiger partial charge in [-0.2, -0.15) is 0 Å². The second-order valence-electron chi connectivity index (χ2n) is 4.25. The Morgan fingerprint density at radius 3 is 2.05 bits per heavy atom. The van der Waals surface area contributed by atoms with Crippen molar-refractivity contribution in [1.82, 2.24) is 10.6 Å². The van der Waals surface area contributed by atoms with E-state index in [1.807, 2.05) is 0 Å². The van der Waals surface area contributed by atoms with Gasteiger partial charge >= 0.3 is 6.03 Å². The molecule has 20 heavy (non-hydrogen) atoms. The molecule has 7 nitrogen and oxygen atoms in total. The molecule has 2 rings (SSSR count). The zero-order valence-electron chi connectivity index (χ0n) is 11.4. The number of methoxy groups -OCH3 is 3. The second-order valence-corrected chi connectivity index (χ2v) is 4.25. The number of nitrogens with one attached hydrogen (secondary N) is 2. The third kappa shape index (κ3) is 2.10. The fourth-order valence-corrected chi connectivity index (χ4v) is 2.28. The van der Waals surface area contributed by atoms with Gasteiger partial charge in [-0.15, -0.1) is 0 Å². The van der Waals surface area contributed by atoms with Gasteiger partial charge in [-0.05, 0) is 17.7 Å². The first-order chi connectivity index (χ1) is 9.58. The lowest BCUT2D eigenvalue weighted by atomic mass is 9.89. The minimum absolute atomic E-state index is 0.527. The van der Waals surface area contributed by atoms with Crippen molar-refractivity contribution in [3.8, 4) is 5.75 Å². The van der Waals surface area contributed by atoms with Crippen LogP contribution >= 0.6 is 0 Å². The van der Waals surface area contributed by atoms with Crippen molar-refractivity contribution in [2.24, 2.45) is 0 Å². The van der Waals surface area contributed by atoms with Crippen molar-refractivity contribution in [3.05, 3.63) is 29.8 Å². The number of hydrogen-bond donors (Lipinski definition) is 2. The molecule has 0 radical (unpaired) electrons. The predicted molar refractivity (Wildman–Crippen MR) is 69.2 cm³/mol. The van der Waals surface area contributed by atoms with Gasteiger partial charge in [0.25, 0.3) is 5.91 Å². The van der Waals surface area contributed by atoms with Crippen LogP contribution in [0, 0.1) is 0 Å². The summed E-state index contributed by atoms with van der Waals surface area (Å²) >= 11 is 0. The largest absolute Gasteiger partial charge is 0.497 e. The number of urea groups is 1.